The van der Waals surface area contributed by atoms with Crippen molar-refractivity contribution in [2.75, 3.05) is 0 Å². The highest BCUT2D eigenvalue weighted by molar-refractivity contribution is 9.10. The van der Waals surface area contributed by atoms with Crippen LogP contribution >= 0.6 is 15.9 Å². The Labute approximate surface area is 100 Å². The Kier molecular flexibility index (Phi) is 1.94. The SMILES string of the molecule is Cn1c(C=O)cc2[nH]c3c(Br)cccc3c21. The van der Waals surface area contributed by atoms with E-state index in [1.165, 1.54) is 0 Å². The van der Waals surface area contributed by atoms with Crippen molar-refractivity contribution < 1.29 is 4.79 Å². The smallest absolute Gasteiger partial charge is 0.166 e. The number of nitrogens with one attached hydrogen (secondary N) is 1. The Morgan fingerprint density at radius 2 is 2.25 bits per heavy atom. The molecule has 2 aromatic heterocycles. The summed E-state index contributed by atoms with van der Waals surface area (Å²) in [5.74, 6) is 0. The number of hydrogen-bond acceptors (Lipinski definition) is 1. The first-order valence-corrected chi connectivity index (χ1v) is 5.72. The predicted octanol–water partition coefficient (Wildman–Crippen LogP) is 3.23. The van der Waals surface area contributed by atoms with Crippen LogP contribution in [0.1, 0.15) is 10.5 Å². The molecular weight excluding hydrogens is 268 g/mol. The maximum atomic E-state index is 10.9. The number of para-hydroxylation sites is 1. The molecule has 2 heterocycles. The van der Waals surface area contributed by atoms with Crippen molar-refractivity contribution in [1.82, 2.24) is 9.55 Å². The molecule has 0 bridgehead atoms. The Morgan fingerprint density at radius 1 is 1.44 bits per heavy atom. The molecule has 1 N–H and O–H groups in total. The average Bonchev–Trinajstić information content (AvgIpc) is 2.77. The first-order valence-electron chi connectivity index (χ1n) is 4.93. The summed E-state index contributed by atoms with van der Waals surface area (Å²) in [6, 6.07) is 7.91. The van der Waals surface area contributed by atoms with Gasteiger partial charge in [0.1, 0.15) is 0 Å². The van der Waals surface area contributed by atoms with Gasteiger partial charge in [0.25, 0.3) is 0 Å². The van der Waals surface area contributed by atoms with E-state index in [0.717, 1.165) is 32.7 Å². The highest BCUT2D eigenvalue weighted by Gasteiger charge is 2.12. The van der Waals surface area contributed by atoms with Crippen molar-refractivity contribution >= 4 is 44.2 Å². The summed E-state index contributed by atoms with van der Waals surface area (Å²) in [7, 11) is 1.90. The number of carbonyl (C=O) groups excluding carboxylic acids is 1. The normalized spacial score (nSPS) is 11.4. The summed E-state index contributed by atoms with van der Waals surface area (Å²) in [4.78, 5) is 14.2. The zero-order valence-corrected chi connectivity index (χ0v) is 10.2. The summed E-state index contributed by atoms with van der Waals surface area (Å²) in [6.45, 7) is 0. The third-order valence-corrected chi connectivity index (χ3v) is 3.58. The van der Waals surface area contributed by atoms with Crippen LogP contribution in [0, 0.1) is 0 Å². The van der Waals surface area contributed by atoms with Gasteiger partial charge in [0.05, 0.1) is 22.2 Å². The molecule has 0 aliphatic heterocycles. The van der Waals surface area contributed by atoms with Crippen molar-refractivity contribution in [2.45, 2.75) is 0 Å². The van der Waals surface area contributed by atoms with Gasteiger partial charge >= 0.3 is 0 Å². The molecule has 80 valence electrons. The van der Waals surface area contributed by atoms with Crippen molar-refractivity contribution in [2.24, 2.45) is 7.05 Å². The number of carbonyl (C=O) groups is 1. The Balaban J connectivity index is 2.56. The van der Waals surface area contributed by atoms with E-state index in [4.69, 9.17) is 0 Å². The molecule has 0 aliphatic rings. The van der Waals surface area contributed by atoms with Gasteiger partial charge in [0.2, 0.25) is 0 Å². The zero-order chi connectivity index (χ0) is 11.3. The highest BCUT2D eigenvalue weighted by Crippen LogP contribution is 2.31. The van der Waals surface area contributed by atoms with Crippen LogP contribution in [0.2, 0.25) is 0 Å². The zero-order valence-electron chi connectivity index (χ0n) is 8.62. The van der Waals surface area contributed by atoms with E-state index >= 15 is 0 Å². The molecule has 0 atom stereocenters. The number of aryl methyl sites for hydroxylation is 1. The molecule has 0 unspecified atom stereocenters. The second-order valence-electron chi connectivity index (χ2n) is 3.80. The van der Waals surface area contributed by atoms with E-state index in [0.29, 0.717) is 5.69 Å². The van der Waals surface area contributed by atoms with Crippen LogP contribution in [0.3, 0.4) is 0 Å². The molecule has 3 rings (SSSR count). The molecule has 4 heteroatoms. The molecule has 0 saturated heterocycles. The van der Waals surface area contributed by atoms with Crippen LogP contribution in [0.4, 0.5) is 0 Å². The van der Waals surface area contributed by atoms with Crippen LogP contribution in [-0.2, 0) is 7.05 Å². The lowest BCUT2D eigenvalue weighted by Gasteiger charge is -1.98. The molecule has 1 aromatic carbocycles. The predicted molar refractivity (Wildman–Crippen MR) is 67.9 cm³/mol. The Hall–Kier alpha value is -1.55. The van der Waals surface area contributed by atoms with E-state index in [9.17, 15) is 4.79 Å². The molecule has 0 amide bonds. The van der Waals surface area contributed by atoms with Crippen LogP contribution in [0.25, 0.3) is 21.9 Å². The molecule has 0 saturated carbocycles. The van der Waals surface area contributed by atoms with Crippen LogP contribution in [-0.4, -0.2) is 15.8 Å². The number of H-pyrrole nitrogens is 1. The average molecular weight is 277 g/mol. The van der Waals surface area contributed by atoms with Gasteiger partial charge < -0.3 is 9.55 Å². The van der Waals surface area contributed by atoms with Crippen molar-refractivity contribution in [3.63, 3.8) is 0 Å². The van der Waals surface area contributed by atoms with Crippen LogP contribution in [0.5, 0.6) is 0 Å². The summed E-state index contributed by atoms with van der Waals surface area (Å²) in [6.07, 6.45) is 0.873. The van der Waals surface area contributed by atoms with Gasteiger partial charge in [-0.15, -0.1) is 0 Å². The van der Waals surface area contributed by atoms with Gasteiger partial charge in [-0.3, -0.25) is 4.79 Å². The Morgan fingerprint density at radius 3 is 3.00 bits per heavy atom. The molecule has 16 heavy (non-hydrogen) atoms. The number of hydrogen-bond donors (Lipinski definition) is 1. The maximum absolute atomic E-state index is 10.9. The summed E-state index contributed by atoms with van der Waals surface area (Å²) < 4.78 is 2.95. The van der Waals surface area contributed by atoms with Gasteiger partial charge in [0.15, 0.2) is 6.29 Å². The fourth-order valence-electron chi connectivity index (χ4n) is 2.14. The van der Waals surface area contributed by atoms with E-state index in [-0.39, 0.29) is 0 Å². The second kappa shape index (κ2) is 3.22. The summed E-state index contributed by atoms with van der Waals surface area (Å²) >= 11 is 3.51. The minimum Gasteiger partial charge on any atom is -0.352 e. The van der Waals surface area contributed by atoms with Gasteiger partial charge in [-0.1, -0.05) is 12.1 Å². The molecule has 3 aromatic rings. The Bertz CT molecular complexity index is 709. The molecule has 3 nitrogen and oxygen atoms in total. The first-order chi connectivity index (χ1) is 7.72. The van der Waals surface area contributed by atoms with E-state index in [1.54, 1.807) is 0 Å². The summed E-state index contributed by atoms with van der Waals surface area (Å²) in [5.41, 5.74) is 3.81. The number of benzene rings is 1. The number of fused-ring (bicyclic) bond motifs is 3. The number of nitrogens with zero attached hydrogens (tertiary/aromatic N) is 1. The van der Waals surface area contributed by atoms with Gasteiger partial charge in [0, 0.05) is 16.9 Å². The fourth-order valence-corrected chi connectivity index (χ4v) is 2.61. The molecular formula is C12H9BrN2O. The van der Waals surface area contributed by atoms with E-state index in [2.05, 4.69) is 20.9 Å². The van der Waals surface area contributed by atoms with E-state index < -0.39 is 0 Å². The number of aromatic nitrogens is 2. The molecule has 0 fully saturated rings. The summed E-state index contributed by atoms with van der Waals surface area (Å²) in [5, 5.41) is 1.12. The number of rotatable bonds is 1. The molecule has 0 spiro atoms. The third kappa shape index (κ3) is 1.10. The van der Waals surface area contributed by atoms with Crippen LogP contribution < -0.4 is 0 Å². The number of halogens is 1. The topological polar surface area (TPSA) is 37.8 Å². The number of aldehydes is 1. The quantitative estimate of drug-likeness (QED) is 0.681. The molecule has 0 aliphatic carbocycles. The lowest BCUT2D eigenvalue weighted by Crippen LogP contribution is -1.93. The second-order valence-corrected chi connectivity index (χ2v) is 4.65. The lowest BCUT2D eigenvalue weighted by atomic mass is 10.2. The van der Waals surface area contributed by atoms with Gasteiger partial charge in [-0.2, -0.15) is 0 Å². The standard InChI is InChI=1S/C12H9BrN2O/c1-15-7(6-16)5-10-12(15)8-3-2-4-9(13)11(8)14-10/h2-6,14H,1H3. The van der Waals surface area contributed by atoms with E-state index in [1.807, 2.05) is 35.9 Å². The van der Waals surface area contributed by atoms with Crippen molar-refractivity contribution in [3.05, 3.63) is 34.4 Å². The van der Waals surface area contributed by atoms with Crippen molar-refractivity contribution in [3.8, 4) is 0 Å². The largest absolute Gasteiger partial charge is 0.352 e. The maximum Gasteiger partial charge on any atom is 0.166 e. The van der Waals surface area contributed by atoms with Crippen molar-refractivity contribution in [1.29, 1.82) is 0 Å². The lowest BCUT2D eigenvalue weighted by molar-refractivity contribution is 0.111. The minimum atomic E-state index is 0.683. The monoisotopic (exact) mass is 276 g/mol. The fraction of sp³-hybridized carbons (Fsp3) is 0.0833. The highest BCUT2D eigenvalue weighted by atomic mass is 79.9. The molecule has 0 radical (unpaired) electrons. The number of aromatic amines is 1. The van der Waals surface area contributed by atoms with Crippen LogP contribution in [0.15, 0.2) is 28.7 Å². The van der Waals surface area contributed by atoms with Gasteiger partial charge in [-0.05, 0) is 28.1 Å². The minimum absolute atomic E-state index is 0.683. The third-order valence-electron chi connectivity index (χ3n) is 2.92. The first kappa shape index (κ1) is 9.66. The van der Waals surface area contributed by atoms with Gasteiger partial charge in [-0.25, -0.2) is 0 Å².